The zero-order valence-electron chi connectivity index (χ0n) is 6.18. The molecule has 2 unspecified atom stereocenters. The molecule has 2 atom stereocenters. The van der Waals surface area contributed by atoms with Crippen molar-refractivity contribution in [3.05, 3.63) is 5.32 Å². The fraction of sp³-hybridized carbons (Fsp3) is 0.400. The van der Waals surface area contributed by atoms with Gasteiger partial charge in [-0.05, 0) is 0 Å². The minimum absolute atomic E-state index is 0. The third-order valence-electron chi connectivity index (χ3n) is 1.46. The Morgan fingerprint density at radius 3 is 3.00 bits per heavy atom. The van der Waals surface area contributed by atoms with Gasteiger partial charge in [0.25, 0.3) is 0 Å². The van der Waals surface area contributed by atoms with Crippen molar-refractivity contribution < 1.29 is 29.6 Å². The molecule has 0 aromatic heterocycles. The summed E-state index contributed by atoms with van der Waals surface area (Å²) in [5, 5.41) is 3.96. The van der Waals surface area contributed by atoms with E-state index in [1.54, 1.807) is 0 Å². The molecule has 2 heterocycles. The van der Waals surface area contributed by atoms with Crippen molar-refractivity contribution in [3.8, 4) is 0 Å². The topological polar surface area (TPSA) is 77.2 Å². The van der Waals surface area contributed by atoms with Gasteiger partial charge in [0.2, 0.25) is 0 Å². The van der Waals surface area contributed by atoms with Crippen LogP contribution in [-0.4, -0.2) is 30.7 Å². The maximum atomic E-state index is 5.50. The van der Waals surface area contributed by atoms with Gasteiger partial charge in [-0.3, -0.25) is 4.99 Å². The van der Waals surface area contributed by atoms with Gasteiger partial charge in [-0.25, -0.2) is 4.99 Å². The van der Waals surface area contributed by atoms with Crippen LogP contribution in [0.4, 0.5) is 0 Å². The van der Waals surface area contributed by atoms with Crippen LogP contribution >= 0.6 is 0 Å². The van der Waals surface area contributed by atoms with E-state index in [2.05, 4.69) is 20.3 Å². The maximum Gasteiger partial charge on any atom is 1.00 e. The van der Waals surface area contributed by atoms with Crippen molar-refractivity contribution in [3.63, 3.8) is 0 Å². The Hall–Kier alpha value is -0.390. The van der Waals surface area contributed by atoms with Gasteiger partial charge in [-0.1, -0.05) is 0 Å². The fourth-order valence-electron chi connectivity index (χ4n) is 0.931. The zero-order valence-corrected chi connectivity index (χ0v) is 8.18. The standard InChI is InChI=1S/C5H6N5.Na/c6-4-3-5(9-1-7-3)10-2-8-4;/h1-3,5H,(H2-,6,7,8,9,10);/q-1;+1. The van der Waals surface area contributed by atoms with Gasteiger partial charge < -0.3 is 16.0 Å². The van der Waals surface area contributed by atoms with Gasteiger partial charge in [-0.15, -0.1) is 6.34 Å². The average molecular weight is 159 g/mol. The van der Waals surface area contributed by atoms with Crippen LogP contribution in [0.2, 0.25) is 0 Å². The largest absolute Gasteiger partial charge is 1.00 e. The molecule has 0 aromatic rings. The first kappa shape index (κ1) is 8.70. The summed E-state index contributed by atoms with van der Waals surface area (Å²) in [5.74, 6) is 0.498. The molecule has 0 radical (unpaired) electrons. The van der Waals surface area contributed by atoms with Crippen LogP contribution in [0.5, 0.6) is 0 Å². The van der Waals surface area contributed by atoms with E-state index in [0.29, 0.717) is 5.84 Å². The van der Waals surface area contributed by atoms with Crippen LogP contribution in [0.15, 0.2) is 15.0 Å². The van der Waals surface area contributed by atoms with Crippen molar-refractivity contribution in [1.82, 2.24) is 0 Å². The van der Waals surface area contributed by atoms with Gasteiger partial charge >= 0.3 is 29.6 Å². The summed E-state index contributed by atoms with van der Waals surface area (Å²) >= 11 is 0. The monoisotopic (exact) mass is 159 g/mol. The molecule has 52 valence electrons. The van der Waals surface area contributed by atoms with Crippen molar-refractivity contribution in [2.45, 2.75) is 12.2 Å². The van der Waals surface area contributed by atoms with Gasteiger partial charge in [-0.2, -0.15) is 0 Å². The van der Waals surface area contributed by atoms with Crippen LogP contribution in [0, 0.1) is 0 Å². The van der Waals surface area contributed by atoms with Crippen molar-refractivity contribution in [1.29, 1.82) is 0 Å². The van der Waals surface area contributed by atoms with Gasteiger partial charge in [0.15, 0.2) is 0 Å². The number of aliphatic imine (C=N–C) groups is 3. The van der Waals surface area contributed by atoms with Crippen LogP contribution in [0.25, 0.3) is 5.32 Å². The molecule has 5 nitrogen and oxygen atoms in total. The molecule has 0 bridgehead atoms. The van der Waals surface area contributed by atoms with E-state index in [9.17, 15) is 0 Å². The van der Waals surface area contributed by atoms with E-state index in [1.165, 1.54) is 12.7 Å². The Kier molecular flexibility index (Phi) is 2.64. The summed E-state index contributed by atoms with van der Waals surface area (Å²) in [5.41, 5.74) is 5.50. The second-order valence-electron chi connectivity index (χ2n) is 2.09. The van der Waals surface area contributed by atoms with E-state index < -0.39 is 0 Å². The molecule has 0 amide bonds. The third-order valence-corrected chi connectivity index (χ3v) is 1.46. The normalized spacial score (nSPS) is 31.8. The second kappa shape index (κ2) is 3.34. The molecule has 2 N–H and O–H groups in total. The van der Waals surface area contributed by atoms with E-state index in [1.807, 2.05) is 0 Å². The smallest absolute Gasteiger partial charge is 0.460 e. The summed E-state index contributed by atoms with van der Waals surface area (Å²) in [6, 6.07) is -0.134. The van der Waals surface area contributed by atoms with E-state index in [4.69, 9.17) is 5.73 Å². The summed E-state index contributed by atoms with van der Waals surface area (Å²) in [4.78, 5) is 11.7. The first-order valence-corrected chi connectivity index (χ1v) is 2.94. The Labute approximate surface area is 86.2 Å². The van der Waals surface area contributed by atoms with Crippen molar-refractivity contribution >= 4 is 18.5 Å². The molecule has 0 spiro atoms. The molecule has 0 saturated heterocycles. The number of fused-ring (bicyclic) bond motifs is 1. The van der Waals surface area contributed by atoms with E-state index in [0.717, 1.165) is 0 Å². The van der Waals surface area contributed by atoms with Crippen LogP contribution in [0.1, 0.15) is 0 Å². The number of hydrogen-bond donors (Lipinski definition) is 1. The number of hydrogen-bond acceptors (Lipinski definition) is 4. The zero-order chi connectivity index (χ0) is 6.97. The van der Waals surface area contributed by atoms with E-state index in [-0.39, 0.29) is 41.8 Å². The number of nitrogens with zero attached hydrogens (tertiary/aromatic N) is 4. The van der Waals surface area contributed by atoms with Crippen molar-refractivity contribution in [2.24, 2.45) is 20.7 Å². The molecular formula is C5H6N5Na. The Morgan fingerprint density at radius 2 is 2.27 bits per heavy atom. The molecule has 11 heavy (non-hydrogen) atoms. The molecule has 0 saturated carbocycles. The third kappa shape index (κ3) is 1.45. The first-order valence-electron chi connectivity index (χ1n) is 2.94. The fourth-order valence-corrected chi connectivity index (χ4v) is 0.931. The number of rotatable bonds is 0. The quantitative estimate of drug-likeness (QED) is 0.366. The molecule has 6 heteroatoms. The summed E-state index contributed by atoms with van der Waals surface area (Å²) in [6.07, 6.45) is 2.77. The molecule has 2 aliphatic rings. The van der Waals surface area contributed by atoms with Gasteiger partial charge in [0.05, 0.1) is 6.17 Å². The van der Waals surface area contributed by atoms with Crippen LogP contribution < -0.4 is 35.3 Å². The Morgan fingerprint density at radius 1 is 1.45 bits per heavy atom. The van der Waals surface area contributed by atoms with Gasteiger partial charge in [0, 0.05) is 6.04 Å². The maximum absolute atomic E-state index is 5.50. The minimum Gasteiger partial charge on any atom is -0.460 e. The number of nitrogens with two attached hydrogens (primary N) is 1. The molecule has 2 aliphatic heterocycles. The Balaban J connectivity index is 0.000000605. The predicted molar refractivity (Wildman–Crippen MR) is 39.5 cm³/mol. The first-order chi connectivity index (χ1) is 4.88. The van der Waals surface area contributed by atoms with E-state index >= 15 is 0 Å². The molecule has 0 fully saturated rings. The molecular weight excluding hydrogens is 153 g/mol. The second-order valence-corrected chi connectivity index (χ2v) is 2.09. The Bertz CT molecular complexity index is 233. The minimum atomic E-state index is -0.141. The van der Waals surface area contributed by atoms with Crippen LogP contribution in [0.3, 0.4) is 0 Å². The average Bonchev–Trinajstić information content (AvgIpc) is 2.36. The van der Waals surface area contributed by atoms with Crippen molar-refractivity contribution in [2.75, 3.05) is 0 Å². The predicted octanol–water partition coefficient (Wildman–Crippen LogP) is -3.50. The molecule has 2 rings (SSSR count). The summed E-state index contributed by atoms with van der Waals surface area (Å²) in [6.45, 7) is 0. The summed E-state index contributed by atoms with van der Waals surface area (Å²) in [7, 11) is 0. The number of amidine groups is 1. The molecule has 0 aliphatic carbocycles. The summed E-state index contributed by atoms with van der Waals surface area (Å²) < 4.78 is 0. The SMILES string of the molecule is NC1=NC=NC2[N-]C=NC12.[Na+]. The molecule has 0 aromatic carbocycles. The van der Waals surface area contributed by atoms with Crippen LogP contribution in [-0.2, 0) is 0 Å². The van der Waals surface area contributed by atoms with Gasteiger partial charge in [0.1, 0.15) is 12.2 Å².